The molecule has 1 aliphatic rings. The summed E-state index contributed by atoms with van der Waals surface area (Å²) >= 11 is 0. The lowest BCUT2D eigenvalue weighted by Crippen LogP contribution is -2.40. The average Bonchev–Trinajstić information content (AvgIpc) is 1.04. The fraction of sp³-hybridized carbons (Fsp3) is 0.416. The van der Waals surface area contributed by atoms with E-state index in [1.807, 2.05) is 91.0 Å². The van der Waals surface area contributed by atoms with E-state index in [4.69, 9.17) is 57.1 Å². The molecule has 11 aromatic carbocycles. The summed E-state index contributed by atoms with van der Waals surface area (Å²) in [5.41, 5.74) is 16.9. The summed E-state index contributed by atoms with van der Waals surface area (Å²) in [6.45, 7) is 83.9. The van der Waals surface area contributed by atoms with E-state index in [1.165, 1.54) is 54.1 Å². The predicted molar refractivity (Wildman–Crippen MR) is 585 cm³/mol. The Hall–Kier alpha value is -8.82. The van der Waals surface area contributed by atoms with Crippen LogP contribution in [0.4, 0.5) is 0 Å². The van der Waals surface area contributed by atoms with Crippen molar-refractivity contribution in [2.24, 2.45) is 0 Å². The van der Waals surface area contributed by atoms with Gasteiger partial charge >= 0.3 is 33.3 Å². The van der Waals surface area contributed by atoms with Crippen LogP contribution in [0.1, 0.15) is 224 Å². The number of rotatable bonds is 15. The molecular weight excluding hydrogens is 1800 g/mol. The summed E-state index contributed by atoms with van der Waals surface area (Å²) < 4.78 is 90.9. The first-order chi connectivity index (χ1) is 61.4. The largest absolute Gasteiger partial charge is 0.493 e. The number of benzene rings is 11. The van der Waals surface area contributed by atoms with Crippen molar-refractivity contribution in [3.8, 4) is 56.8 Å². The summed E-state index contributed by atoms with van der Waals surface area (Å²) in [6.07, 6.45) is 0. The van der Waals surface area contributed by atoms with Crippen LogP contribution in [0.25, 0.3) is 88.1 Å². The molecule has 0 radical (unpaired) electrons. The van der Waals surface area contributed by atoms with Crippen LogP contribution >= 0.6 is 33.3 Å². The van der Waals surface area contributed by atoms with E-state index in [9.17, 15) is 0 Å². The molecule has 21 heteroatoms. The highest BCUT2D eigenvalue weighted by Crippen LogP contribution is 2.58. The molecule has 3 aromatic heterocycles. The number of fused-ring (bicyclic) bond motifs is 10. The molecule has 0 spiro atoms. The van der Waals surface area contributed by atoms with E-state index in [0.717, 1.165) is 93.9 Å². The maximum atomic E-state index is 7.83. The van der Waals surface area contributed by atoms with Gasteiger partial charge in [0.1, 0.15) is 56.5 Å². The maximum Gasteiger partial charge on any atom is 0.463 e. The Bertz CT molecular complexity index is 6510. The molecule has 14 aromatic rings. The van der Waals surface area contributed by atoms with Gasteiger partial charge in [0, 0.05) is 71.3 Å². The first kappa shape index (κ1) is 103. The molecule has 0 saturated carbocycles. The zero-order chi connectivity index (χ0) is 97.3. The third-order valence-corrected chi connectivity index (χ3v) is 37.0. The van der Waals surface area contributed by atoms with E-state index in [-0.39, 0.29) is 50.7 Å². The molecule has 1 aliphatic heterocycles. The topological polar surface area (TPSA) is 143 Å². The quantitative estimate of drug-likeness (QED) is 0.0710. The zero-order valence-electron chi connectivity index (χ0n) is 86.2. The Morgan fingerprint density at radius 2 is 0.552 bits per heavy atom. The van der Waals surface area contributed by atoms with Gasteiger partial charge in [-0.3, -0.25) is 4.52 Å². The zero-order valence-corrected chi connectivity index (χ0v) is 93.8. The van der Waals surface area contributed by atoms with Gasteiger partial charge in [-0.15, -0.1) is 0 Å². The second-order valence-corrected chi connectivity index (χ2v) is 72.7. The van der Waals surface area contributed by atoms with Crippen LogP contribution in [0.3, 0.4) is 0 Å². The van der Waals surface area contributed by atoms with Crippen molar-refractivity contribution < 1.29 is 57.1 Å². The second kappa shape index (κ2) is 37.2. The normalized spacial score (nSPS) is 14.0. The summed E-state index contributed by atoms with van der Waals surface area (Å²) in [5.74, 6) is 4.24. The SMILES string of the molecule is C.CC(C)(C)c1cc(-c2cc(C(C)(C)C)cc(C(C)(C)C)c2Op2oc3ccccc3c3ccccc3o2)c(Op2oc3ccccc3c3ccccc3o2)c(C(C)(C)C)c1.COc1cccc2c1OP(Oc1c(-c3cc(C(C)(C)C)cc([Si](C)(C)C)c3Op3oc4c([Si](C)(C)C)cc(C(C)(C)C)cc4c4cc(C(C)(C)C)cc([Si](C)(C)C)c4o3)cc(C(C)(C)C)cc1[Si](C)(C)C)OC2. The first-order valence-electron chi connectivity index (χ1n) is 46.9. The number of para-hydroxylation sites is 5. The lowest BCUT2D eigenvalue weighted by atomic mass is 9.75. The van der Waals surface area contributed by atoms with Crippen LogP contribution in [-0.2, 0) is 54.5 Å². The molecule has 0 bridgehead atoms. The molecule has 1 atom stereocenters. The van der Waals surface area contributed by atoms with Crippen molar-refractivity contribution >= 4 is 152 Å². The fourth-order valence-electron chi connectivity index (χ4n) is 16.7. The van der Waals surface area contributed by atoms with Crippen LogP contribution < -0.4 is 48.1 Å². The van der Waals surface area contributed by atoms with E-state index in [0.29, 0.717) is 51.9 Å². The average molecular weight is 1950 g/mol. The molecule has 0 N–H and O–H groups in total. The highest BCUT2D eigenvalue weighted by molar-refractivity contribution is 7.42. The molecule has 0 fully saturated rings. The number of ether oxygens (including phenoxy) is 1. The Balaban J connectivity index is 0.000000229. The van der Waals surface area contributed by atoms with Gasteiger partial charge in [-0.25, -0.2) is 0 Å². The highest BCUT2D eigenvalue weighted by Gasteiger charge is 2.41. The fourth-order valence-corrected chi connectivity index (χ4v) is 27.3. The van der Waals surface area contributed by atoms with Gasteiger partial charge in [-0.1, -0.05) is 373 Å². The number of hydrogen-bond acceptors (Lipinski definition) is 13. The van der Waals surface area contributed by atoms with Crippen molar-refractivity contribution in [2.45, 2.75) is 302 Å². The summed E-state index contributed by atoms with van der Waals surface area (Å²) in [6, 6.07) is 66.4. The van der Waals surface area contributed by atoms with Crippen molar-refractivity contribution in [3.05, 3.63) is 238 Å². The van der Waals surface area contributed by atoms with E-state index < -0.39 is 65.6 Å². The van der Waals surface area contributed by atoms with E-state index >= 15 is 0 Å². The third-order valence-electron chi connectivity index (χ3n) is 25.0. The molecule has 15 rings (SSSR count). The minimum Gasteiger partial charge on any atom is -0.493 e. The van der Waals surface area contributed by atoms with Gasteiger partial charge in [-0.05, 0) is 164 Å². The monoisotopic (exact) mass is 1950 g/mol. The predicted octanol–water partition coefficient (Wildman–Crippen LogP) is 35.5. The molecule has 714 valence electrons. The van der Waals surface area contributed by atoms with Crippen molar-refractivity contribution in [2.75, 3.05) is 7.11 Å². The smallest absolute Gasteiger partial charge is 0.463 e. The van der Waals surface area contributed by atoms with Gasteiger partial charge in [-0.2, -0.15) is 0 Å². The molecule has 0 amide bonds. The van der Waals surface area contributed by atoms with E-state index in [2.05, 4.69) is 342 Å². The molecule has 0 aliphatic carbocycles. The Labute approximate surface area is 807 Å². The van der Waals surface area contributed by atoms with Gasteiger partial charge in [0.15, 0.2) is 11.5 Å². The van der Waals surface area contributed by atoms with Crippen LogP contribution in [0.15, 0.2) is 213 Å². The molecule has 1 unspecified atom stereocenters. The molecule has 13 nitrogen and oxygen atoms in total. The van der Waals surface area contributed by atoms with Crippen LogP contribution in [0.2, 0.25) is 78.6 Å². The molecule has 4 heterocycles. The number of methoxy groups -OCH3 is 1. The summed E-state index contributed by atoms with van der Waals surface area (Å²) in [7, 11) is -14.9. The minimum absolute atomic E-state index is 0. The molecular formula is C113H148O13P4Si4. The standard InChI is InChI=1S/C60H88O7P2Si4.C52H56O6P2.CH4/c1-57(2,3)39-29-43(53(48(33-39)70(14,15)16)64-68-62-37-38-27-26-28-47(61-13)52(38)63-68)44-30-40(58(4,5)6)34-49(71(17,18)19)54(44)65-69-66-55-45(31-41(59(7,8)9)35-50(55)72(20,21)22)46-32-42(60(10,11)12)36-51(56(46)67-69)73(23,24)25;1-49(2,3)33-29-39(47(41(31-33)51(7,8)9)57-59-53-43-25-17-13-21-35(43)36-22-14-18-26-44(36)54-59)40-30-34(50(4,5)6)32-42(52(10,11)12)48(40)58-60-55-45-27-19-15-23-37(45)38-24-16-20-28-46(38)56-60;/h26-36H,37H2,1-25H3;13-32H,1-12H3;1H4. The second-order valence-electron chi connectivity index (χ2n) is 48.5. The first-order valence-corrected chi connectivity index (χ1v) is 65.3. The van der Waals surface area contributed by atoms with Crippen LogP contribution in [0, 0.1) is 0 Å². The van der Waals surface area contributed by atoms with Crippen LogP contribution in [-0.4, -0.2) is 39.4 Å². The lowest BCUT2D eigenvalue weighted by molar-refractivity contribution is 0.228. The third kappa shape index (κ3) is 22.1. The lowest BCUT2D eigenvalue weighted by Gasteiger charge is -2.32. The maximum absolute atomic E-state index is 7.83. The van der Waals surface area contributed by atoms with Crippen molar-refractivity contribution in [1.29, 1.82) is 0 Å². The van der Waals surface area contributed by atoms with Gasteiger partial charge < -0.3 is 52.5 Å². The minimum atomic E-state index is -2.25. The van der Waals surface area contributed by atoms with E-state index in [1.54, 1.807) is 7.11 Å². The molecule has 134 heavy (non-hydrogen) atoms. The van der Waals surface area contributed by atoms with Gasteiger partial charge in [0.2, 0.25) is 0 Å². The molecule has 0 saturated heterocycles. The highest BCUT2D eigenvalue weighted by atomic mass is 31.2. The summed E-state index contributed by atoms with van der Waals surface area (Å²) in [4.78, 5) is 0. The van der Waals surface area contributed by atoms with Crippen molar-refractivity contribution in [1.82, 2.24) is 0 Å². The van der Waals surface area contributed by atoms with Crippen LogP contribution in [0.5, 0.6) is 34.5 Å². The Kier molecular flexibility index (Phi) is 28.4. The van der Waals surface area contributed by atoms with Crippen molar-refractivity contribution in [3.63, 3.8) is 0 Å². The summed E-state index contributed by atoms with van der Waals surface area (Å²) in [5, 5.41) is 10.9. The van der Waals surface area contributed by atoms with Gasteiger partial charge in [0.05, 0.1) is 46.0 Å². The Morgan fingerprint density at radius 3 is 0.858 bits per heavy atom. The van der Waals surface area contributed by atoms with Gasteiger partial charge in [0.25, 0.3) is 0 Å². The Morgan fingerprint density at radius 1 is 0.276 bits per heavy atom. The number of hydrogen-bond donors (Lipinski definition) is 0.